The van der Waals surface area contributed by atoms with Crippen LogP contribution in [0.25, 0.3) is 0 Å². The molecule has 0 aliphatic rings. The second-order valence-corrected chi connectivity index (χ2v) is 5.52. The number of carbonyl (C=O) groups excluding carboxylic acids is 1. The van der Waals surface area contributed by atoms with Gasteiger partial charge in [0.25, 0.3) is 0 Å². The minimum atomic E-state index is -1.30. The van der Waals surface area contributed by atoms with Crippen molar-refractivity contribution < 1.29 is 24.5 Å². The van der Waals surface area contributed by atoms with Crippen molar-refractivity contribution in [3.8, 4) is 11.8 Å². The van der Waals surface area contributed by atoms with E-state index in [0.717, 1.165) is 5.56 Å². The minimum absolute atomic E-state index is 0.106. The summed E-state index contributed by atoms with van der Waals surface area (Å²) in [5, 5.41) is 31.7. The first-order chi connectivity index (χ1) is 12.5. The Morgan fingerprint density at radius 2 is 1.96 bits per heavy atom. The number of amides is 1. The maximum atomic E-state index is 11.7. The van der Waals surface area contributed by atoms with Crippen LogP contribution in [0.5, 0.6) is 5.75 Å². The largest absolute Gasteiger partial charge is 0.496 e. The smallest absolute Gasteiger partial charge is 0.407 e. The van der Waals surface area contributed by atoms with E-state index in [2.05, 4.69) is 5.32 Å². The van der Waals surface area contributed by atoms with Crippen LogP contribution in [0.15, 0.2) is 48.5 Å². The molecule has 0 spiro atoms. The molecular weight excluding hydrogens is 336 g/mol. The molecule has 26 heavy (non-hydrogen) atoms. The topological polar surface area (TPSA) is 112 Å². The van der Waals surface area contributed by atoms with E-state index in [-0.39, 0.29) is 18.9 Å². The minimum Gasteiger partial charge on any atom is -0.496 e. The van der Waals surface area contributed by atoms with Gasteiger partial charge in [0.2, 0.25) is 0 Å². The highest BCUT2D eigenvalue weighted by Crippen LogP contribution is 2.28. The number of aliphatic hydroxyl groups is 2. The molecule has 3 N–H and O–H groups in total. The number of carbonyl (C=O) groups is 1. The molecule has 1 amide bonds. The summed E-state index contributed by atoms with van der Waals surface area (Å²) < 4.78 is 10.2. The number of methoxy groups -OCH3 is 1. The fourth-order valence-corrected chi connectivity index (χ4v) is 2.31. The number of nitrogens with zero attached hydrogens (tertiary/aromatic N) is 1. The molecule has 0 radical (unpaired) electrons. The van der Waals surface area contributed by atoms with Gasteiger partial charge in [-0.15, -0.1) is 0 Å². The molecule has 7 nitrogen and oxygen atoms in total. The summed E-state index contributed by atoms with van der Waals surface area (Å²) in [7, 11) is 1.40. The lowest BCUT2D eigenvalue weighted by atomic mass is 10.0. The van der Waals surface area contributed by atoms with Gasteiger partial charge < -0.3 is 25.0 Å². The van der Waals surface area contributed by atoms with Crippen LogP contribution in [0.2, 0.25) is 0 Å². The molecule has 0 saturated heterocycles. The Morgan fingerprint density at radius 1 is 1.23 bits per heavy atom. The van der Waals surface area contributed by atoms with Gasteiger partial charge in [-0.1, -0.05) is 36.4 Å². The van der Waals surface area contributed by atoms with Gasteiger partial charge in [0.05, 0.1) is 18.7 Å². The van der Waals surface area contributed by atoms with Crippen LogP contribution >= 0.6 is 0 Å². The van der Waals surface area contributed by atoms with Gasteiger partial charge in [-0.25, -0.2) is 4.79 Å². The van der Waals surface area contributed by atoms with Crippen LogP contribution in [0.4, 0.5) is 4.79 Å². The lowest BCUT2D eigenvalue weighted by molar-refractivity contribution is 0.0171. The van der Waals surface area contributed by atoms with E-state index in [1.165, 1.54) is 25.3 Å². The fraction of sp³-hybridized carbons (Fsp3) is 0.263. The number of rotatable bonds is 7. The monoisotopic (exact) mass is 356 g/mol. The number of alkyl carbamates (subject to hydrolysis) is 1. The van der Waals surface area contributed by atoms with Crippen molar-refractivity contribution in [3.05, 3.63) is 65.2 Å². The van der Waals surface area contributed by atoms with Crippen molar-refractivity contribution >= 4 is 6.09 Å². The average molecular weight is 356 g/mol. The fourth-order valence-electron chi connectivity index (χ4n) is 2.31. The van der Waals surface area contributed by atoms with Gasteiger partial charge in [0.15, 0.2) is 0 Å². The van der Waals surface area contributed by atoms with E-state index in [4.69, 9.17) is 14.7 Å². The van der Waals surface area contributed by atoms with Crippen LogP contribution in [-0.4, -0.2) is 36.1 Å². The van der Waals surface area contributed by atoms with E-state index in [9.17, 15) is 15.0 Å². The number of hydrogen-bond acceptors (Lipinski definition) is 6. The zero-order valence-electron chi connectivity index (χ0n) is 14.3. The molecule has 0 aliphatic heterocycles. The Bertz CT molecular complexity index is 773. The summed E-state index contributed by atoms with van der Waals surface area (Å²) >= 11 is 0. The molecular formula is C19H20N2O5. The number of benzene rings is 2. The molecule has 7 heteroatoms. The van der Waals surface area contributed by atoms with Crippen molar-refractivity contribution in [3.63, 3.8) is 0 Å². The number of hydrogen-bond donors (Lipinski definition) is 3. The Labute approximate surface area is 151 Å². The molecule has 2 rings (SSSR count). The highest BCUT2D eigenvalue weighted by Gasteiger charge is 2.23. The molecule has 2 atom stereocenters. The summed E-state index contributed by atoms with van der Waals surface area (Å²) in [6.45, 7) is -0.104. The number of aliphatic hydroxyl groups excluding tert-OH is 2. The predicted molar refractivity (Wildman–Crippen MR) is 93.3 cm³/mol. The highest BCUT2D eigenvalue weighted by molar-refractivity contribution is 5.67. The van der Waals surface area contributed by atoms with E-state index in [1.807, 2.05) is 36.4 Å². The second kappa shape index (κ2) is 9.42. The van der Waals surface area contributed by atoms with Crippen molar-refractivity contribution in [2.24, 2.45) is 0 Å². The number of nitrogens with one attached hydrogen (secondary N) is 1. The summed E-state index contributed by atoms with van der Waals surface area (Å²) in [5.74, 6) is 0.280. The van der Waals surface area contributed by atoms with Gasteiger partial charge >= 0.3 is 6.09 Å². The lowest BCUT2D eigenvalue weighted by Gasteiger charge is -2.20. The third kappa shape index (κ3) is 5.21. The van der Waals surface area contributed by atoms with Crippen LogP contribution in [-0.2, 0) is 11.3 Å². The highest BCUT2D eigenvalue weighted by atomic mass is 16.5. The van der Waals surface area contributed by atoms with Gasteiger partial charge in [0, 0.05) is 12.1 Å². The van der Waals surface area contributed by atoms with E-state index < -0.39 is 18.3 Å². The standard InChI is InChI=1S/C19H20N2O5/c1-25-17-9-14(10-20)7-8-15(17)18(23)16(22)11-21-19(24)26-12-13-5-3-2-4-6-13/h2-9,16,18,22-23H,11-12H2,1H3,(H,21,24). The van der Waals surface area contributed by atoms with E-state index in [0.29, 0.717) is 11.1 Å². The van der Waals surface area contributed by atoms with E-state index >= 15 is 0 Å². The first kappa shape index (κ1) is 19.2. The van der Waals surface area contributed by atoms with Crippen LogP contribution in [0.3, 0.4) is 0 Å². The molecule has 0 heterocycles. The normalized spacial score (nSPS) is 12.5. The number of nitriles is 1. The molecule has 2 aromatic rings. The molecule has 0 aliphatic carbocycles. The molecule has 0 fully saturated rings. The maximum absolute atomic E-state index is 11.7. The molecule has 136 valence electrons. The van der Waals surface area contributed by atoms with Gasteiger partial charge in [-0.05, 0) is 17.7 Å². The van der Waals surface area contributed by atoms with Crippen LogP contribution < -0.4 is 10.1 Å². The van der Waals surface area contributed by atoms with Crippen molar-refractivity contribution in [2.45, 2.75) is 18.8 Å². The van der Waals surface area contributed by atoms with Gasteiger partial charge in [0.1, 0.15) is 24.6 Å². The molecule has 2 aromatic carbocycles. The summed E-state index contributed by atoms with van der Waals surface area (Å²) in [6.07, 6.45) is -3.28. The van der Waals surface area contributed by atoms with Crippen LogP contribution in [0.1, 0.15) is 22.8 Å². The second-order valence-electron chi connectivity index (χ2n) is 5.52. The van der Waals surface area contributed by atoms with E-state index in [1.54, 1.807) is 0 Å². The molecule has 0 saturated carbocycles. The Kier molecular flexibility index (Phi) is 6.97. The summed E-state index contributed by atoms with van der Waals surface area (Å²) in [5.41, 5.74) is 1.53. The zero-order chi connectivity index (χ0) is 18.9. The molecule has 2 unspecified atom stereocenters. The summed E-state index contributed by atoms with van der Waals surface area (Å²) in [6, 6.07) is 15.6. The molecule has 0 bridgehead atoms. The first-order valence-corrected chi connectivity index (χ1v) is 7.94. The van der Waals surface area contributed by atoms with Crippen LogP contribution in [0, 0.1) is 11.3 Å². The van der Waals surface area contributed by atoms with Crippen molar-refractivity contribution in [1.29, 1.82) is 5.26 Å². The average Bonchev–Trinajstić information content (AvgIpc) is 2.70. The Hall–Kier alpha value is -3.08. The Balaban J connectivity index is 1.88. The Morgan fingerprint density at radius 3 is 2.62 bits per heavy atom. The zero-order valence-corrected chi connectivity index (χ0v) is 14.3. The lowest BCUT2D eigenvalue weighted by Crippen LogP contribution is -2.35. The van der Waals surface area contributed by atoms with Crippen molar-refractivity contribution in [1.82, 2.24) is 5.32 Å². The van der Waals surface area contributed by atoms with Gasteiger partial charge in [-0.3, -0.25) is 0 Å². The quantitative estimate of drug-likeness (QED) is 0.698. The first-order valence-electron chi connectivity index (χ1n) is 7.94. The molecule has 0 aromatic heterocycles. The number of ether oxygens (including phenoxy) is 2. The SMILES string of the molecule is COc1cc(C#N)ccc1C(O)C(O)CNC(=O)OCc1ccccc1. The third-order valence-electron chi connectivity index (χ3n) is 3.71. The predicted octanol–water partition coefficient (Wildman–Crippen LogP) is 1.89. The third-order valence-corrected chi connectivity index (χ3v) is 3.71. The van der Waals surface area contributed by atoms with Gasteiger partial charge in [-0.2, -0.15) is 5.26 Å². The summed E-state index contributed by atoms with van der Waals surface area (Å²) in [4.78, 5) is 11.7. The van der Waals surface area contributed by atoms with Crippen molar-refractivity contribution in [2.75, 3.05) is 13.7 Å². The maximum Gasteiger partial charge on any atom is 0.407 e.